The lowest BCUT2D eigenvalue weighted by atomic mass is 9.87. The van der Waals surface area contributed by atoms with Gasteiger partial charge < -0.3 is 9.64 Å². The third-order valence-electron chi connectivity index (χ3n) is 3.91. The summed E-state index contributed by atoms with van der Waals surface area (Å²) in [5.41, 5.74) is -0.369. The van der Waals surface area contributed by atoms with Crippen LogP contribution in [0.5, 0.6) is 0 Å². The molecule has 0 aromatic rings. The molecular weight excluding hydrogens is 226 g/mol. The molecule has 2 atom stereocenters. The van der Waals surface area contributed by atoms with E-state index in [-0.39, 0.29) is 11.6 Å². The van der Waals surface area contributed by atoms with Crippen LogP contribution in [0, 0.1) is 11.3 Å². The molecule has 4 nitrogen and oxygen atoms in total. The number of nitrogens with one attached hydrogen (secondary N) is 1. The lowest BCUT2D eigenvalue weighted by Crippen LogP contribution is -2.52. The summed E-state index contributed by atoms with van der Waals surface area (Å²) in [7, 11) is 0. The van der Waals surface area contributed by atoms with E-state index in [0.717, 1.165) is 45.4 Å². The fourth-order valence-electron chi connectivity index (χ4n) is 2.51. The van der Waals surface area contributed by atoms with Crippen molar-refractivity contribution in [2.75, 3.05) is 32.8 Å². The molecule has 0 aliphatic carbocycles. The molecule has 0 spiro atoms. The second-order valence-electron chi connectivity index (χ2n) is 5.00. The van der Waals surface area contributed by atoms with Crippen LogP contribution in [0.15, 0.2) is 0 Å². The van der Waals surface area contributed by atoms with Crippen LogP contribution in [0.2, 0.25) is 0 Å². The highest BCUT2D eigenvalue weighted by Gasteiger charge is 2.36. The zero-order valence-electron chi connectivity index (χ0n) is 12.0. The Morgan fingerprint density at radius 1 is 1.39 bits per heavy atom. The molecule has 0 amide bonds. The highest BCUT2D eigenvalue weighted by Crippen LogP contribution is 2.25. The highest BCUT2D eigenvalue weighted by molar-refractivity contribution is 5.09. The van der Waals surface area contributed by atoms with Crippen molar-refractivity contribution in [3.63, 3.8) is 0 Å². The van der Waals surface area contributed by atoms with Crippen LogP contribution >= 0.6 is 0 Å². The minimum atomic E-state index is -0.369. The molecule has 1 aliphatic rings. The predicted octanol–water partition coefficient (Wildman–Crippen LogP) is 1.77. The molecule has 1 N–H and O–H groups in total. The van der Waals surface area contributed by atoms with Gasteiger partial charge in [0.25, 0.3) is 0 Å². The summed E-state index contributed by atoms with van der Waals surface area (Å²) in [6, 6.07) is 2.48. The van der Waals surface area contributed by atoms with Gasteiger partial charge in [-0.05, 0) is 19.5 Å². The van der Waals surface area contributed by atoms with Crippen molar-refractivity contribution in [3.8, 4) is 6.07 Å². The summed E-state index contributed by atoms with van der Waals surface area (Å²) < 4.78 is 5.65. The van der Waals surface area contributed by atoms with Crippen molar-refractivity contribution >= 4 is 0 Å². The van der Waals surface area contributed by atoms with Gasteiger partial charge >= 0.3 is 0 Å². The maximum Gasteiger partial charge on any atom is 0.111 e. The highest BCUT2D eigenvalue weighted by atomic mass is 16.5. The molecule has 0 aromatic heterocycles. The van der Waals surface area contributed by atoms with Gasteiger partial charge in [0.15, 0.2) is 0 Å². The minimum Gasteiger partial charge on any atom is -0.378 e. The molecule has 1 saturated heterocycles. The van der Waals surface area contributed by atoms with E-state index in [1.807, 2.05) is 0 Å². The maximum absolute atomic E-state index is 9.45. The summed E-state index contributed by atoms with van der Waals surface area (Å²) in [5.74, 6) is 0. The largest absolute Gasteiger partial charge is 0.378 e. The molecule has 104 valence electrons. The Morgan fingerprint density at radius 3 is 2.67 bits per heavy atom. The Kier molecular flexibility index (Phi) is 6.62. The van der Waals surface area contributed by atoms with E-state index in [1.54, 1.807) is 0 Å². The number of hydrogen-bond donors (Lipinski definition) is 1. The number of ether oxygens (including phenoxy) is 1. The van der Waals surface area contributed by atoms with Crippen molar-refractivity contribution in [3.05, 3.63) is 0 Å². The van der Waals surface area contributed by atoms with Gasteiger partial charge in [0.05, 0.1) is 12.2 Å². The Hall–Kier alpha value is -0.630. The normalized spacial score (nSPS) is 28.3. The van der Waals surface area contributed by atoms with Crippen molar-refractivity contribution in [2.45, 2.75) is 51.7 Å². The van der Waals surface area contributed by atoms with Crippen LogP contribution in [-0.4, -0.2) is 49.3 Å². The quantitative estimate of drug-likeness (QED) is 0.751. The van der Waals surface area contributed by atoms with Crippen LogP contribution in [0.25, 0.3) is 0 Å². The van der Waals surface area contributed by atoms with Gasteiger partial charge in [-0.3, -0.25) is 5.32 Å². The van der Waals surface area contributed by atoms with Gasteiger partial charge in [0.2, 0.25) is 0 Å². The molecule has 1 fully saturated rings. The summed E-state index contributed by atoms with van der Waals surface area (Å²) in [4.78, 5) is 2.37. The molecule has 1 heterocycles. The second kappa shape index (κ2) is 7.73. The fourth-order valence-corrected chi connectivity index (χ4v) is 2.51. The lowest BCUT2D eigenvalue weighted by Gasteiger charge is -2.36. The van der Waals surface area contributed by atoms with E-state index in [9.17, 15) is 5.26 Å². The Bertz CT molecular complexity index is 273. The van der Waals surface area contributed by atoms with E-state index < -0.39 is 0 Å². The SMILES string of the molecule is CCC1CC(C#N)(NCCN(CC)CC)CCO1. The first-order valence-electron chi connectivity index (χ1n) is 7.20. The van der Waals surface area contributed by atoms with Crippen molar-refractivity contribution < 1.29 is 4.74 Å². The van der Waals surface area contributed by atoms with Gasteiger partial charge in [0, 0.05) is 32.5 Å². The van der Waals surface area contributed by atoms with E-state index in [1.165, 1.54) is 0 Å². The maximum atomic E-state index is 9.45. The summed E-state index contributed by atoms with van der Waals surface area (Å²) in [6.07, 6.45) is 2.84. The first kappa shape index (κ1) is 15.4. The number of nitriles is 1. The number of nitrogens with zero attached hydrogens (tertiary/aromatic N) is 2. The first-order valence-corrected chi connectivity index (χ1v) is 7.20. The van der Waals surface area contributed by atoms with E-state index in [0.29, 0.717) is 6.61 Å². The second-order valence-corrected chi connectivity index (χ2v) is 5.00. The molecular formula is C14H27N3O. The van der Waals surface area contributed by atoms with Gasteiger partial charge in [-0.2, -0.15) is 5.26 Å². The molecule has 4 heteroatoms. The lowest BCUT2D eigenvalue weighted by molar-refractivity contribution is -0.0160. The van der Waals surface area contributed by atoms with Crippen molar-refractivity contribution in [1.82, 2.24) is 10.2 Å². The van der Waals surface area contributed by atoms with Crippen LogP contribution in [-0.2, 0) is 4.74 Å². The van der Waals surface area contributed by atoms with Crippen molar-refractivity contribution in [1.29, 1.82) is 5.26 Å². The smallest absolute Gasteiger partial charge is 0.111 e. The van der Waals surface area contributed by atoms with Gasteiger partial charge in [-0.15, -0.1) is 0 Å². The topological polar surface area (TPSA) is 48.3 Å². The van der Waals surface area contributed by atoms with E-state index in [2.05, 4.69) is 37.1 Å². The average molecular weight is 253 g/mol. The predicted molar refractivity (Wildman–Crippen MR) is 73.4 cm³/mol. The summed E-state index contributed by atoms with van der Waals surface area (Å²) >= 11 is 0. The molecule has 0 bridgehead atoms. The molecule has 0 radical (unpaired) electrons. The average Bonchev–Trinajstić information content (AvgIpc) is 2.44. The van der Waals surface area contributed by atoms with E-state index in [4.69, 9.17) is 4.74 Å². The number of hydrogen-bond acceptors (Lipinski definition) is 4. The van der Waals surface area contributed by atoms with Crippen molar-refractivity contribution in [2.24, 2.45) is 0 Å². The van der Waals surface area contributed by atoms with E-state index >= 15 is 0 Å². The van der Waals surface area contributed by atoms with Gasteiger partial charge in [-0.1, -0.05) is 20.8 Å². The zero-order valence-corrected chi connectivity index (χ0v) is 12.0. The molecule has 0 saturated carbocycles. The van der Waals surface area contributed by atoms with Crippen LogP contribution in [0.4, 0.5) is 0 Å². The third-order valence-corrected chi connectivity index (χ3v) is 3.91. The molecule has 0 aromatic carbocycles. The standard InChI is InChI=1S/C14H27N3O/c1-4-13-11-14(12-15,7-10-18-13)16-8-9-17(5-2)6-3/h13,16H,4-11H2,1-3H3. The van der Waals surface area contributed by atoms with Gasteiger partial charge in [-0.25, -0.2) is 0 Å². The Balaban J connectivity index is 2.43. The van der Waals surface area contributed by atoms with Crippen LogP contribution < -0.4 is 5.32 Å². The Labute approximate surface area is 111 Å². The minimum absolute atomic E-state index is 0.236. The van der Waals surface area contributed by atoms with Gasteiger partial charge in [0.1, 0.15) is 5.54 Å². The summed E-state index contributed by atoms with van der Waals surface area (Å²) in [6.45, 7) is 11.2. The van der Waals surface area contributed by atoms with Crippen LogP contribution in [0.3, 0.4) is 0 Å². The third kappa shape index (κ3) is 4.24. The molecule has 2 unspecified atom stereocenters. The molecule has 18 heavy (non-hydrogen) atoms. The first-order chi connectivity index (χ1) is 8.69. The summed E-state index contributed by atoms with van der Waals surface area (Å²) in [5, 5.41) is 12.9. The Morgan fingerprint density at radius 2 is 2.11 bits per heavy atom. The molecule has 1 rings (SSSR count). The number of rotatable bonds is 7. The number of likely N-dealkylation sites (N-methyl/N-ethyl adjacent to an activating group) is 1. The molecule has 1 aliphatic heterocycles. The monoisotopic (exact) mass is 253 g/mol. The zero-order chi connectivity index (χ0) is 13.4. The fraction of sp³-hybridized carbons (Fsp3) is 0.929. The van der Waals surface area contributed by atoms with Crippen LogP contribution in [0.1, 0.15) is 40.0 Å².